The monoisotopic (exact) mass is 229 g/mol. The molecule has 3 nitrogen and oxygen atoms in total. The maximum absolute atomic E-state index is 11.5. The standard InChI is InChI=1S/C11H23NO2Si/c1-9-5-11(10(13)14,7-12-6-9)8-15(2,3)4/h9,12H,5-8H2,1-4H3,(H,13,14). The summed E-state index contributed by atoms with van der Waals surface area (Å²) in [7, 11) is -1.33. The second kappa shape index (κ2) is 4.26. The summed E-state index contributed by atoms with van der Waals surface area (Å²) >= 11 is 0. The van der Waals surface area contributed by atoms with Gasteiger partial charge >= 0.3 is 5.97 Å². The van der Waals surface area contributed by atoms with Gasteiger partial charge in [-0.05, 0) is 24.9 Å². The van der Waals surface area contributed by atoms with Gasteiger partial charge in [0.2, 0.25) is 0 Å². The van der Waals surface area contributed by atoms with Crippen LogP contribution in [0.5, 0.6) is 0 Å². The van der Waals surface area contributed by atoms with Gasteiger partial charge in [0, 0.05) is 14.6 Å². The summed E-state index contributed by atoms with van der Waals surface area (Å²) in [4.78, 5) is 11.5. The Morgan fingerprint density at radius 1 is 1.53 bits per heavy atom. The minimum Gasteiger partial charge on any atom is -0.481 e. The topological polar surface area (TPSA) is 49.3 Å². The Morgan fingerprint density at radius 2 is 2.13 bits per heavy atom. The van der Waals surface area contributed by atoms with Gasteiger partial charge in [-0.2, -0.15) is 0 Å². The molecule has 0 aliphatic carbocycles. The van der Waals surface area contributed by atoms with Crippen LogP contribution < -0.4 is 5.32 Å². The van der Waals surface area contributed by atoms with Crippen molar-refractivity contribution >= 4 is 14.0 Å². The number of piperidine rings is 1. The summed E-state index contributed by atoms with van der Waals surface area (Å²) in [5, 5.41) is 12.7. The molecule has 88 valence electrons. The van der Waals surface area contributed by atoms with Gasteiger partial charge in [-0.25, -0.2) is 0 Å². The molecule has 15 heavy (non-hydrogen) atoms. The number of hydrogen-bond donors (Lipinski definition) is 2. The van der Waals surface area contributed by atoms with E-state index in [4.69, 9.17) is 0 Å². The molecule has 0 radical (unpaired) electrons. The molecule has 1 heterocycles. The molecule has 2 N–H and O–H groups in total. The molecular formula is C11H23NO2Si. The molecule has 2 unspecified atom stereocenters. The number of rotatable bonds is 3. The fourth-order valence-corrected chi connectivity index (χ4v) is 5.21. The molecule has 0 aromatic carbocycles. The van der Waals surface area contributed by atoms with E-state index >= 15 is 0 Å². The van der Waals surface area contributed by atoms with E-state index in [9.17, 15) is 9.90 Å². The van der Waals surface area contributed by atoms with Crippen molar-refractivity contribution in [1.82, 2.24) is 5.32 Å². The fourth-order valence-electron chi connectivity index (χ4n) is 2.76. The Balaban J connectivity index is 2.83. The van der Waals surface area contributed by atoms with E-state index in [2.05, 4.69) is 31.9 Å². The predicted octanol–water partition coefficient (Wildman–Crippen LogP) is 2.02. The number of carbonyl (C=O) groups is 1. The molecule has 4 heteroatoms. The lowest BCUT2D eigenvalue weighted by molar-refractivity contribution is -0.149. The van der Waals surface area contributed by atoms with Crippen molar-refractivity contribution < 1.29 is 9.90 Å². The van der Waals surface area contributed by atoms with Gasteiger partial charge in [-0.3, -0.25) is 4.79 Å². The van der Waals surface area contributed by atoms with E-state index < -0.39 is 19.5 Å². The van der Waals surface area contributed by atoms with E-state index in [1.54, 1.807) is 0 Å². The zero-order chi connectivity index (χ0) is 11.7. The van der Waals surface area contributed by atoms with Crippen molar-refractivity contribution in [3.8, 4) is 0 Å². The summed E-state index contributed by atoms with van der Waals surface area (Å²) in [5.74, 6) is -0.129. The summed E-state index contributed by atoms with van der Waals surface area (Å²) in [5.41, 5.74) is -0.498. The normalized spacial score (nSPS) is 32.7. The molecule has 2 atom stereocenters. The molecule has 0 aromatic rings. The van der Waals surface area contributed by atoms with Crippen molar-refractivity contribution in [2.45, 2.75) is 39.0 Å². The Labute approximate surface area is 93.3 Å². The molecule has 0 aromatic heterocycles. The van der Waals surface area contributed by atoms with Crippen molar-refractivity contribution in [3.05, 3.63) is 0 Å². The van der Waals surface area contributed by atoms with Crippen LogP contribution in [0.4, 0.5) is 0 Å². The molecule has 1 fully saturated rings. The largest absolute Gasteiger partial charge is 0.481 e. The van der Waals surface area contributed by atoms with Crippen molar-refractivity contribution in [2.75, 3.05) is 13.1 Å². The molecule has 0 amide bonds. The first kappa shape index (κ1) is 12.7. The van der Waals surface area contributed by atoms with Crippen LogP contribution in [0.25, 0.3) is 0 Å². The van der Waals surface area contributed by atoms with Crippen LogP contribution in [-0.4, -0.2) is 32.2 Å². The summed E-state index contributed by atoms with van der Waals surface area (Å²) in [6.07, 6.45) is 0.833. The first-order valence-electron chi connectivity index (χ1n) is 5.69. The fraction of sp³-hybridized carbons (Fsp3) is 0.909. The van der Waals surface area contributed by atoms with Gasteiger partial charge in [0.05, 0.1) is 5.41 Å². The van der Waals surface area contributed by atoms with Gasteiger partial charge in [0.25, 0.3) is 0 Å². The van der Waals surface area contributed by atoms with Crippen molar-refractivity contribution in [1.29, 1.82) is 0 Å². The van der Waals surface area contributed by atoms with Gasteiger partial charge < -0.3 is 10.4 Å². The summed E-state index contributed by atoms with van der Waals surface area (Å²) in [6.45, 7) is 10.5. The molecule has 0 bridgehead atoms. The zero-order valence-electron chi connectivity index (χ0n) is 10.3. The lowest BCUT2D eigenvalue weighted by Crippen LogP contribution is -2.51. The van der Waals surface area contributed by atoms with Crippen molar-refractivity contribution in [2.24, 2.45) is 11.3 Å². The minimum atomic E-state index is -1.33. The second-order valence-corrected chi connectivity index (χ2v) is 11.7. The van der Waals surface area contributed by atoms with Crippen LogP contribution in [-0.2, 0) is 4.79 Å². The van der Waals surface area contributed by atoms with Crippen LogP contribution in [0, 0.1) is 11.3 Å². The Hall–Kier alpha value is -0.353. The van der Waals surface area contributed by atoms with Crippen LogP contribution in [0.3, 0.4) is 0 Å². The molecular weight excluding hydrogens is 206 g/mol. The zero-order valence-corrected chi connectivity index (χ0v) is 11.3. The molecule has 0 spiro atoms. The number of carboxylic acids is 1. The lowest BCUT2D eigenvalue weighted by Gasteiger charge is -2.40. The third kappa shape index (κ3) is 3.31. The van der Waals surface area contributed by atoms with Gasteiger partial charge in [-0.1, -0.05) is 26.6 Å². The highest BCUT2D eigenvalue weighted by molar-refractivity contribution is 6.76. The lowest BCUT2D eigenvalue weighted by atomic mass is 9.78. The summed E-state index contributed by atoms with van der Waals surface area (Å²) < 4.78 is 0. The predicted molar refractivity (Wildman–Crippen MR) is 64.9 cm³/mol. The van der Waals surface area contributed by atoms with Crippen LogP contribution in [0.2, 0.25) is 25.7 Å². The number of hydrogen-bond acceptors (Lipinski definition) is 2. The molecule has 0 saturated carbocycles. The SMILES string of the molecule is CC1CNCC(C[Si](C)(C)C)(C(=O)O)C1. The molecule has 1 aliphatic heterocycles. The summed E-state index contributed by atoms with van der Waals surface area (Å²) in [6, 6.07) is 0.882. The highest BCUT2D eigenvalue weighted by Gasteiger charge is 2.44. The second-order valence-electron chi connectivity index (χ2n) is 6.26. The van der Waals surface area contributed by atoms with E-state index in [-0.39, 0.29) is 0 Å². The molecule has 1 saturated heterocycles. The number of nitrogens with one attached hydrogen (secondary N) is 1. The highest BCUT2D eigenvalue weighted by atomic mass is 28.3. The van der Waals surface area contributed by atoms with E-state index in [0.29, 0.717) is 12.5 Å². The number of aliphatic carboxylic acids is 1. The minimum absolute atomic E-state index is 0.478. The number of carboxylic acid groups (broad SMARTS) is 1. The average molecular weight is 229 g/mol. The van der Waals surface area contributed by atoms with Gasteiger partial charge in [0.15, 0.2) is 0 Å². The molecule has 1 aliphatic rings. The Bertz CT molecular complexity index is 249. The quantitative estimate of drug-likeness (QED) is 0.728. The van der Waals surface area contributed by atoms with Gasteiger partial charge in [-0.15, -0.1) is 0 Å². The third-order valence-electron chi connectivity index (χ3n) is 3.02. The average Bonchev–Trinajstić information content (AvgIpc) is 2.00. The van der Waals surface area contributed by atoms with Crippen LogP contribution >= 0.6 is 0 Å². The van der Waals surface area contributed by atoms with Crippen LogP contribution in [0.1, 0.15) is 13.3 Å². The first-order valence-corrected chi connectivity index (χ1v) is 9.40. The first-order chi connectivity index (χ1) is 6.75. The maximum Gasteiger partial charge on any atom is 0.310 e. The van der Waals surface area contributed by atoms with E-state index in [1.165, 1.54) is 0 Å². The Kier molecular flexibility index (Phi) is 3.61. The van der Waals surface area contributed by atoms with Gasteiger partial charge in [0.1, 0.15) is 0 Å². The van der Waals surface area contributed by atoms with Crippen molar-refractivity contribution in [3.63, 3.8) is 0 Å². The van der Waals surface area contributed by atoms with Crippen LogP contribution in [0.15, 0.2) is 0 Å². The highest BCUT2D eigenvalue weighted by Crippen LogP contribution is 2.37. The Morgan fingerprint density at radius 3 is 2.53 bits per heavy atom. The third-order valence-corrected chi connectivity index (χ3v) is 4.76. The van der Waals surface area contributed by atoms with E-state index in [0.717, 1.165) is 19.0 Å². The van der Waals surface area contributed by atoms with E-state index in [1.807, 2.05) is 0 Å². The maximum atomic E-state index is 11.5. The molecule has 1 rings (SSSR count). The smallest absolute Gasteiger partial charge is 0.310 e.